The van der Waals surface area contributed by atoms with Crippen molar-refractivity contribution in [3.8, 4) is 0 Å². The first kappa shape index (κ1) is 15.8. The molecule has 20 heavy (non-hydrogen) atoms. The summed E-state index contributed by atoms with van der Waals surface area (Å²) in [6, 6.07) is 0. The van der Waals surface area contributed by atoms with Gasteiger partial charge in [-0.25, -0.2) is 0 Å². The number of esters is 1. The Balaban J connectivity index is 1.96. The number of likely N-dealkylation sites (tertiary alicyclic amines) is 1. The van der Waals surface area contributed by atoms with Crippen molar-refractivity contribution in [1.82, 2.24) is 4.90 Å². The van der Waals surface area contributed by atoms with Gasteiger partial charge >= 0.3 is 5.97 Å². The highest BCUT2D eigenvalue weighted by molar-refractivity contribution is 5.66. The van der Waals surface area contributed by atoms with Crippen LogP contribution in [0.15, 0.2) is 0 Å². The van der Waals surface area contributed by atoms with Gasteiger partial charge in [-0.05, 0) is 31.7 Å². The van der Waals surface area contributed by atoms with Gasteiger partial charge in [0, 0.05) is 32.9 Å². The number of ether oxygens (including phenoxy) is 1. The molecule has 1 saturated carbocycles. The first-order valence-electron chi connectivity index (χ1n) is 8.58. The predicted molar refractivity (Wildman–Crippen MR) is 81.7 cm³/mol. The number of nitrogens with zero attached hydrogens (tertiary/aromatic N) is 1. The molecule has 1 saturated heterocycles. The van der Waals surface area contributed by atoms with E-state index in [9.17, 15) is 4.79 Å². The molecule has 0 N–H and O–H groups in total. The zero-order chi connectivity index (χ0) is 14.4. The standard InChI is InChI=1S/C17H31NO2/c1-3-4-12-18-13-10-17(11-14-18,20-15(2)19)16-8-6-5-7-9-16/h16H,3-14H2,1-2H3. The van der Waals surface area contributed by atoms with Crippen LogP contribution in [0.25, 0.3) is 0 Å². The molecule has 2 fully saturated rings. The number of carbonyl (C=O) groups is 1. The van der Waals surface area contributed by atoms with Crippen molar-refractivity contribution in [1.29, 1.82) is 0 Å². The summed E-state index contributed by atoms with van der Waals surface area (Å²) >= 11 is 0. The van der Waals surface area contributed by atoms with Gasteiger partial charge in [0.1, 0.15) is 5.60 Å². The molecule has 0 unspecified atom stereocenters. The quantitative estimate of drug-likeness (QED) is 0.719. The normalized spacial score (nSPS) is 24.5. The second kappa shape index (κ2) is 7.44. The molecule has 1 aliphatic heterocycles. The molecule has 1 heterocycles. The van der Waals surface area contributed by atoms with Gasteiger partial charge < -0.3 is 9.64 Å². The maximum atomic E-state index is 11.6. The molecule has 1 aliphatic carbocycles. The van der Waals surface area contributed by atoms with E-state index in [-0.39, 0.29) is 11.6 Å². The lowest BCUT2D eigenvalue weighted by Gasteiger charge is -2.47. The summed E-state index contributed by atoms with van der Waals surface area (Å²) in [4.78, 5) is 14.1. The zero-order valence-electron chi connectivity index (χ0n) is 13.3. The summed E-state index contributed by atoms with van der Waals surface area (Å²) < 4.78 is 5.91. The summed E-state index contributed by atoms with van der Waals surface area (Å²) in [6.07, 6.45) is 11.1. The molecule has 0 aromatic rings. The molecule has 2 rings (SSSR count). The number of piperidine rings is 1. The van der Waals surface area contributed by atoms with Crippen LogP contribution in [0.2, 0.25) is 0 Å². The molecule has 0 radical (unpaired) electrons. The van der Waals surface area contributed by atoms with Gasteiger partial charge in [0.2, 0.25) is 0 Å². The Morgan fingerprint density at radius 1 is 1.20 bits per heavy atom. The number of hydrogen-bond donors (Lipinski definition) is 0. The van der Waals surface area contributed by atoms with Crippen LogP contribution >= 0.6 is 0 Å². The average Bonchev–Trinajstić information content (AvgIpc) is 2.47. The molecule has 3 nitrogen and oxygen atoms in total. The monoisotopic (exact) mass is 281 g/mol. The minimum absolute atomic E-state index is 0.0856. The summed E-state index contributed by atoms with van der Waals surface area (Å²) in [5.41, 5.74) is -0.144. The van der Waals surface area contributed by atoms with Gasteiger partial charge in [0.15, 0.2) is 0 Å². The van der Waals surface area contributed by atoms with E-state index in [0.29, 0.717) is 5.92 Å². The summed E-state index contributed by atoms with van der Waals surface area (Å²) in [5, 5.41) is 0. The lowest BCUT2D eigenvalue weighted by molar-refractivity contribution is -0.173. The Hall–Kier alpha value is -0.570. The van der Waals surface area contributed by atoms with Crippen molar-refractivity contribution < 1.29 is 9.53 Å². The van der Waals surface area contributed by atoms with E-state index in [1.807, 2.05) is 0 Å². The SMILES string of the molecule is CCCCN1CCC(OC(C)=O)(C2CCCCC2)CC1. The summed E-state index contributed by atoms with van der Waals surface area (Å²) in [6.45, 7) is 7.23. The third-order valence-corrected chi connectivity index (χ3v) is 5.23. The highest BCUT2D eigenvalue weighted by atomic mass is 16.6. The Kier molecular flexibility index (Phi) is 5.88. The fourth-order valence-electron chi connectivity index (χ4n) is 4.05. The summed E-state index contributed by atoms with van der Waals surface area (Å²) in [5.74, 6) is 0.519. The fraction of sp³-hybridized carbons (Fsp3) is 0.941. The lowest BCUT2D eigenvalue weighted by Crippen LogP contribution is -2.52. The first-order chi connectivity index (χ1) is 9.66. The molecule has 116 valence electrons. The minimum Gasteiger partial charge on any atom is -0.459 e. The van der Waals surface area contributed by atoms with Crippen molar-refractivity contribution in [2.45, 2.75) is 77.2 Å². The van der Waals surface area contributed by atoms with E-state index in [0.717, 1.165) is 25.9 Å². The van der Waals surface area contributed by atoms with Crippen LogP contribution in [0.3, 0.4) is 0 Å². The Labute approximate surface area is 124 Å². The second-order valence-electron chi connectivity index (χ2n) is 6.69. The maximum absolute atomic E-state index is 11.6. The van der Waals surface area contributed by atoms with E-state index >= 15 is 0 Å². The maximum Gasteiger partial charge on any atom is 0.303 e. The molecule has 0 aromatic heterocycles. The van der Waals surface area contributed by atoms with E-state index in [2.05, 4.69) is 11.8 Å². The Bertz CT molecular complexity index is 302. The topological polar surface area (TPSA) is 29.5 Å². The molecule has 0 amide bonds. The first-order valence-corrected chi connectivity index (χ1v) is 8.58. The van der Waals surface area contributed by atoms with E-state index in [1.54, 1.807) is 6.92 Å². The van der Waals surface area contributed by atoms with Crippen LogP contribution in [0.1, 0.15) is 71.6 Å². The van der Waals surface area contributed by atoms with Crippen molar-refractivity contribution in [3.63, 3.8) is 0 Å². The zero-order valence-corrected chi connectivity index (χ0v) is 13.3. The molecule has 0 bridgehead atoms. The third kappa shape index (κ3) is 3.97. The van der Waals surface area contributed by atoms with E-state index in [1.165, 1.54) is 51.5 Å². The Morgan fingerprint density at radius 3 is 2.40 bits per heavy atom. The van der Waals surface area contributed by atoms with Crippen molar-refractivity contribution in [2.24, 2.45) is 5.92 Å². The highest BCUT2D eigenvalue weighted by Gasteiger charge is 2.44. The largest absolute Gasteiger partial charge is 0.459 e. The van der Waals surface area contributed by atoms with E-state index < -0.39 is 0 Å². The third-order valence-electron chi connectivity index (χ3n) is 5.23. The van der Waals surface area contributed by atoms with E-state index in [4.69, 9.17) is 4.74 Å². The molecular weight excluding hydrogens is 250 g/mol. The fourth-order valence-corrected chi connectivity index (χ4v) is 4.05. The van der Waals surface area contributed by atoms with Gasteiger partial charge in [0.05, 0.1) is 0 Å². The molecule has 2 aliphatic rings. The van der Waals surface area contributed by atoms with Crippen molar-refractivity contribution in [2.75, 3.05) is 19.6 Å². The molecule has 3 heteroatoms. The Morgan fingerprint density at radius 2 is 1.85 bits per heavy atom. The van der Waals surface area contributed by atoms with Crippen LogP contribution in [-0.4, -0.2) is 36.1 Å². The van der Waals surface area contributed by atoms with Gasteiger partial charge in [-0.1, -0.05) is 32.6 Å². The van der Waals surface area contributed by atoms with Crippen LogP contribution in [0.5, 0.6) is 0 Å². The van der Waals surface area contributed by atoms with Gasteiger partial charge in [-0.15, -0.1) is 0 Å². The molecule has 0 aromatic carbocycles. The van der Waals surface area contributed by atoms with Gasteiger partial charge in [0.25, 0.3) is 0 Å². The molecular formula is C17H31NO2. The van der Waals surface area contributed by atoms with Crippen LogP contribution < -0.4 is 0 Å². The lowest BCUT2D eigenvalue weighted by atomic mass is 9.72. The number of rotatable bonds is 5. The second-order valence-corrected chi connectivity index (χ2v) is 6.69. The van der Waals surface area contributed by atoms with Crippen molar-refractivity contribution >= 4 is 5.97 Å². The number of hydrogen-bond acceptors (Lipinski definition) is 3. The average molecular weight is 281 g/mol. The molecule has 0 atom stereocenters. The number of unbranched alkanes of at least 4 members (excludes halogenated alkanes) is 1. The van der Waals surface area contributed by atoms with Crippen LogP contribution in [0.4, 0.5) is 0 Å². The minimum atomic E-state index is -0.144. The summed E-state index contributed by atoms with van der Waals surface area (Å²) in [7, 11) is 0. The van der Waals surface area contributed by atoms with Gasteiger partial charge in [-0.2, -0.15) is 0 Å². The number of carbonyl (C=O) groups excluding carboxylic acids is 1. The van der Waals surface area contributed by atoms with Gasteiger partial charge in [-0.3, -0.25) is 4.79 Å². The smallest absolute Gasteiger partial charge is 0.303 e. The highest BCUT2D eigenvalue weighted by Crippen LogP contribution is 2.41. The molecule has 0 spiro atoms. The van der Waals surface area contributed by atoms with Crippen molar-refractivity contribution in [3.05, 3.63) is 0 Å². The van der Waals surface area contributed by atoms with Crippen LogP contribution in [-0.2, 0) is 9.53 Å². The predicted octanol–water partition coefficient (Wildman–Crippen LogP) is 3.76. The van der Waals surface area contributed by atoms with Crippen LogP contribution in [0, 0.1) is 5.92 Å².